The molecule has 138 valence electrons. The maximum atomic E-state index is 12.5. The molecule has 0 unspecified atom stereocenters. The van der Waals surface area contributed by atoms with E-state index in [1.54, 1.807) is 12.1 Å². The Labute approximate surface area is 156 Å². The zero-order chi connectivity index (χ0) is 18.9. The highest BCUT2D eigenvalue weighted by Gasteiger charge is 2.10. The van der Waals surface area contributed by atoms with Gasteiger partial charge in [0.1, 0.15) is 12.4 Å². The molecule has 0 aliphatic rings. The number of hydrogen-bond acceptors (Lipinski definition) is 3. The first-order chi connectivity index (χ1) is 12.5. The number of amides is 1. The van der Waals surface area contributed by atoms with E-state index in [-0.39, 0.29) is 5.91 Å². The van der Waals surface area contributed by atoms with Crippen LogP contribution in [0, 0.1) is 0 Å². The average molecular weight is 352 g/mol. The Morgan fingerprint density at radius 3 is 2.58 bits per heavy atom. The van der Waals surface area contributed by atoms with Gasteiger partial charge < -0.3 is 10.1 Å². The second-order valence-corrected chi connectivity index (χ2v) is 6.44. The number of ether oxygens (including phenoxy) is 1. The van der Waals surface area contributed by atoms with Crippen LogP contribution in [0.1, 0.15) is 36.7 Å². The molecule has 1 N–H and O–H groups in total. The molecule has 2 aromatic rings. The summed E-state index contributed by atoms with van der Waals surface area (Å²) >= 11 is 0. The molecule has 0 radical (unpaired) electrons. The quantitative estimate of drug-likeness (QED) is 0.663. The predicted molar refractivity (Wildman–Crippen MR) is 108 cm³/mol. The predicted octanol–water partition coefficient (Wildman–Crippen LogP) is 4.73. The first-order valence-electron chi connectivity index (χ1n) is 9.01. The second-order valence-electron chi connectivity index (χ2n) is 6.44. The Balaban J connectivity index is 2.00. The van der Waals surface area contributed by atoms with E-state index in [4.69, 9.17) is 4.74 Å². The summed E-state index contributed by atoms with van der Waals surface area (Å²) in [6.07, 6.45) is 1.69. The lowest BCUT2D eigenvalue weighted by Gasteiger charge is -2.24. The number of benzene rings is 2. The van der Waals surface area contributed by atoms with E-state index in [0.29, 0.717) is 29.6 Å². The first-order valence-corrected chi connectivity index (χ1v) is 9.01. The Bertz CT molecular complexity index is 723. The summed E-state index contributed by atoms with van der Waals surface area (Å²) in [4.78, 5) is 14.8. The van der Waals surface area contributed by atoms with E-state index in [9.17, 15) is 4.79 Å². The highest BCUT2D eigenvalue weighted by atomic mass is 16.5. The zero-order valence-electron chi connectivity index (χ0n) is 15.9. The van der Waals surface area contributed by atoms with E-state index in [1.807, 2.05) is 42.5 Å². The summed E-state index contributed by atoms with van der Waals surface area (Å²) in [6, 6.07) is 15.6. The summed E-state index contributed by atoms with van der Waals surface area (Å²) in [6.45, 7) is 12.5. The highest BCUT2D eigenvalue weighted by Crippen LogP contribution is 2.18. The van der Waals surface area contributed by atoms with E-state index in [1.165, 1.54) is 5.56 Å². The van der Waals surface area contributed by atoms with E-state index >= 15 is 0 Å². The van der Waals surface area contributed by atoms with Crippen LogP contribution in [0.2, 0.25) is 0 Å². The van der Waals surface area contributed by atoms with Gasteiger partial charge in [-0.05, 0) is 50.2 Å². The van der Waals surface area contributed by atoms with Crippen LogP contribution in [0.4, 0.5) is 5.69 Å². The molecule has 4 nitrogen and oxygen atoms in total. The maximum absolute atomic E-state index is 12.5. The number of hydrogen-bond donors (Lipinski definition) is 1. The van der Waals surface area contributed by atoms with Crippen molar-refractivity contribution in [1.82, 2.24) is 4.90 Å². The van der Waals surface area contributed by atoms with Crippen LogP contribution in [0.3, 0.4) is 0 Å². The highest BCUT2D eigenvalue weighted by molar-refractivity contribution is 6.04. The monoisotopic (exact) mass is 352 g/mol. The van der Waals surface area contributed by atoms with Crippen LogP contribution in [0.25, 0.3) is 0 Å². The number of carbonyl (C=O) groups excluding carboxylic acids is 1. The summed E-state index contributed by atoms with van der Waals surface area (Å²) < 4.78 is 5.49. The zero-order valence-corrected chi connectivity index (χ0v) is 15.9. The number of rotatable bonds is 9. The van der Waals surface area contributed by atoms with Crippen molar-refractivity contribution in [2.45, 2.75) is 33.4 Å². The fraction of sp³-hybridized carbons (Fsp3) is 0.318. The lowest BCUT2D eigenvalue weighted by atomic mass is 10.1. The fourth-order valence-corrected chi connectivity index (χ4v) is 2.68. The van der Waals surface area contributed by atoms with Crippen LogP contribution < -0.4 is 10.1 Å². The topological polar surface area (TPSA) is 41.6 Å². The van der Waals surface area contributed by atoms with Crippen LogP contribution in [-0.4, -0.2) is 30.0 Å². The molecule has 0 fully saturated rings. The van der Waals surface area contributed by atoms with Crippen molar-refractivity contribution in [3.63, 3.8) is 0 Å². The first kappa shape index (κ1) is 19.7. The summed E-state index contributed by atoms with van der Waals surface area (Å²) in [5.41, 5.74) is 2.55. The van der Waals surface area contributed by atoms with E-state index < -0.39 is 0 Å². The van der Waals surface area contributed by atoms with Crippen molar-refractivity contribution in [3.05, 3.63) is 72.3 Å². The largest absolute Gasteiger partial charge is 0.489 e. The van der Waals surface area contributed by atoms with Crippen molar-refractivity contribution in [2.24, 2.45) is 0 Å². The minimum Gasteiger partial charge on any atom is -0.489 e. The van der Waals surface area contributed by atoms with E-state index in [0.717, 1.165) is 13.1 Å². The Morgan fingerprint density at radius 2 is 1.96 bits per heavy atom. The van der Waals surface area contributed by atoms with Crippen LogP contribution in [0.15, 0.2) is 61.2 Å². The third-order valence-corrected chi connectivity index (χ3v) is 4.20. The Hall–Kier alpha value is -2.59. The maximum Gasteiger partial charge on any atom is 0.255 e. The number of carbonyl (C=O) groups is 1. The Kier molecular flexibility index (Phi) is 7.42. The van der Waals surface area contributed by atoms with Gasteiger partial charge in [0.2, 0.25) is 0 Å². The van der Waals surface area contributed by atoms with Crippen LogP contribution in [-0.2, 0) is 6.54 Å². The fourth-order valence-electron chi connectivity index (χ4n) is 2.68. The van der Waals surface area contributed by atoms with Crippen molar-refractivity contribution >= 4 is 11.6 Å². The smallest absolute Gasteiger partial charge is 0.255 e. The third-order valence-electron chi connectivity index (χ3n) is 4.20. The van der Waals surface area contributed by atoms with Gasteiger partial charge in [0.15, 0.2) is 0 Å². The molecule has 2 rings (SSSR count). The lowest BCUT2D eigenvalue weighted by molar-refractivity contribution is 0.102. The number of nitrogens with one attached hydrogen (secondary N) is 1. The SMILES string of the molecule is C=CCOc1cccc(NC(=O)c2ccc(CN(CC)C(C)C)cc2)c1. The minimum atomic E-state index is -0.131. The molecule has 2 aromatic carbocycles. The van der Waals surface area contributed by atoms with Gasteiger partial charge in [0.05, 0.1) is 0 Å². The van der Waals surface area contributed by atoms with Gasteiger partial charge in [-0.25, -0.2) is 0 Å². The standard InChI is InChI=1S/C22H28N2O2/c1-5-14-26-21-9-7-8-20(15-21)23-22(25)19-12-10-18(11-13-19)16-24(6-2)17(3)4/h5,7-13,15,17H,1,6,14,16H2,2-4H3,(H,23,25). The van der Waals surface area contributed by atoms with Gasteiger partial charge >= 0.3 is 0 Å². The van der Waals surface area contributed by atoms with E-state index in [2.05, 4.69) is 37.6 Å². The lowest BCUT2D eigenvalue weighted by Crippen LogP contribution is -2.29. The van der Waals surface area contributed by atoms with Crippen molar-refractivity contribution in [2.75, 3.05) is 18.5 Å². The average Bonchev–Trinajstić information content (AvgIpc) is 2.65. The Morgan fingerprint density at radius 1 is 1.23 bits per heavy atom. The van der Waals surface area contributed by atoms with Gasteiger partial charge in [-0.3, -0.25) is 9.69 Å². The van der Waals surface area contributed by atoms with Crippen molar-refractivity contribution in [3.8, 4) is 5.75 Å². The summed E-state index contributed by atoms with van der Waals surface area (Å²) in [5.74, 6) is 0.569. The molecule has 1 amide bonds. The molecule has 0 atom stereocenters. The molecule has 0 aromatic heterocycles. The van der Waals surface area contributed by atoms with Gasteiger partial charge in [0.25, 0.3) is 5.91 Å². The van der Waals surface area contributed by atoms with Crippen molar-refractivity contribution < 1.29 is 9.53 Å². The van der Waals surface area contributed by atoms with Crippen LogP contribution >= 0.6 is 0 Å². The third kappa shape index (κ3) is 5.74. The molecule has 0 heterocycles. The van der Waals surface area contributed by atoms with Crippen LogP contribution in [0.5, 0.6) is 5.75 Å². The molecular weight excluding hydrogens is 324 g/mol. The molecular formula is C22H28N2O2. The molecule has 26 heavy (non-hydrogen) atoms. The molecule has 4 heteroatoms. The van der Waals surface area contributed by atoms with Gasteiger partial charge in [-0.15, -0.1) is 0 Å². The molecule has 0 saturated heterocycles. The normalized spacial score (nSPS) is 10.8. The minimum absolute atomic E-state index is 0.131. The van der Waals surface area contributed by atoms with Gasteiger partial charge in [-0.1, -0.05) is 37.8 Å². The number of nitrogens with zero attached hydrogens (tertiary/aromatic N) is 1. The molecule has 0 aliphatic carbocycles. The van der Waals surface area contributed by atoms with Crippen molar-refractivity contribution in [1.29, 1.82) is 0 Å². The molecule has 0 spiro atoms. The van der Waals surface area contributed by atoms with Gasteiger partial charge in [0, 0.05) is 29.9 Å². The molecule has 0 bridgehead atoms. The molecule has 0 aliphatic heterocycles. The summed E-state index contributed by atoms with van der Waals surface area (Å²) in [7, 11) is 0. The number of anilines is 1. The second kappa shape index (κ2) is 9.78. The summed E-state index contributed by atoms with van der Waals surface area (Å²) in [5, 5.41) is 2.91. The van der Waals surface area contributed by atoms with Gasteiger partial charge in [-0.2, -0.15) is 0 Å². The molecule has 0 saturated carbocycles.